The van der Waals surface area contributed by atoms with Crippen molar-refractivity contribution in [2.24, 2.45) is 0 Å². The number of piperazine rings is 1. The second kappa shape index (κ2) is 10.1. The van der Waals surface area contributed by atoms with E-state index < -0.39 is 0 Å². The summed E-state index contributed by atoms with van der Waals surface area (Å²) in [5.74, 6) is 0.394. The van der Waals surface area contributed by atoms with Crippen molar-refractivity contribution in [2.45, 2.75) is 6.92 Å². The Morgan fingerprint density at radius 1 is 0.969 bits per heavy atom. The quantitative estimate of drug-likeness (QED) is 0.636. The Kier molecular flexibility index (Phi) is 6.81. The Morgan fingerprint density at radius 3 is 2.22 bits per heavy atom. The fraction of sp³-hybridized carbons (Fsp3) is 0.292. The van der Waals surface area contributed by atoms with Gasteiger partial charge in [-0.3, -0.25) is 15.0 Å². The Labute approximate surface area is 186 Å². The molecule has 166 valence electrons. The standard InChI is InChI=1S/C24H26N4O4/c1-2-31-24(30)28-15-13-27(14-16-28)17-20(29)25-23-26-21(18-9-5-3-6-10-18)22(32-23)19-11-7-4-8-12-19/h3-12H,2,13-17H2,1H3,(H,25,26,29). The maximum Gasteiger partial charge on any atom is 0.409 e. The fourth-order valence-electron chi connectivity index (χ4n) is 3.62. The van der Waals surface area contributed by atoms with Gasteiger partial charge in [-0.25, -0.2) is 4.79 Å². The van der Waals surface area contributed by atoms with Crippen molar-refractivity contribution < 1.29 is 18.7 Å². The molecule has 1 fully saturated rings. The van der Waals surface area contributed by atoms with Crippen LogP contribution in [0.2, 0.25) is 0 Å². The number of aromatic nitrogens is 1. The minimum atomic E-state index is -0.307. The number of carbonyl (C=O) groups is 2. The summed E-state index contributed by atoms with van der Waals surface area (Å²) in [7, 11) is 0. The van der Waals surface area contributed by atoms with Crippen LogP contribution >= 0.6 is 0 Å². The van der Waals surface area contributed by atoms with Gasteiger partial charge in [0.05, 0.1) is 13.2 Å². The van der Waals surface area contributed by atoms with E-state index in [2.05, 4.69) is 10.3 Å². The topological polar surface area (TPSA) is 87.9 Å². The van der Waals surface area contributed by atoms with Crippen LogP contribution in [0.1, 0.15) is 6.92 Å². The minimum Gasteiger partial charge on any atom is -0.450 e. The number of anilines is 1. The highest BCUT2D eigenvalue weighted by atomic mass is 16.6. The third kappa shape index (κ3) is 5.15. The highest BCUT2D eigenvalue weighted by molar-refractivity contribution is 5.91. The van der Waals surface area contributed by atoms with Gasteiger partial charge in [-0.2, -0.15) is 4.98 Å². The van der Waals surface area contributed by atoms with Crippen LogP contribution in [0, 0.1) is 0 Å². The third-order valence-corrected chi connectivity index (χ3v) is 5.22. The molecule has 32 heavy (non-hydrogen) atoms. The van der Waals surface area contributed by atoms with E-state index in [4.69, 9.17) is 9.15 Å². The molecule has 2 amide bonds. The predicted molar refractivity (Wildman–Crippen MR) is 121 cm³/mol. The molecule has 0 spiro atoms. The van der Waals surface area contributed by atoms with E-state index in [0.717, 1.165) is 11.1 Å². The lowest BCUT2D eigenvalue weighted by Gasteiger charge is -2.33. The molecule has 0 bridgehead atoms. The van der Waals surface area contributed by atoms with E-state index in [1.54, 1.807) is 11.8 Å². The first-order chi connectivity index (χ1) is 15.6. The molecule has 1 N–H and O–H groups in total. The minimum absolute atomic E-state index is 0.165. The van der Waals surface area contributed by atoms with E-state index in [-0.39, 0.29) is 24.6 Å². The Morgan fingerprint density at radius 2 is 1.59 bits per heavy atom. The molecular formula is C24H26N4O4. The molecule has 2 aromatic carbocycles. The van der Waals surface area contributed by atoms with Crippen LogP contribution in [-0.2, 0) is 9.53 Å². The number of hydrogen-bond donors (Lipinski definition) is 1. The van der Waals surface area contributed by atoms with E-state index in [9.17, 15) is 9.59 Å². The first-order valence-electron chi connectivity index (χ1n) is 10.7. The SMILES string of the molecule is CCOC(=O)N1CCN(CC(=O)Nc2nc(-c3ccccc3)c(-c3ccccc3)o2)CC1. The lowest BCUT2D eigenvalue weighted by Crippen LogP contribution is -2.50. The van der Waals surface area contributed by atoms with Crippen LogP contribution in [0.4, 0.5) is 10.8 Å². The van der Waals surface area contributed by atoms with Gasteiger partial charge in [-0.05, 0) is 6.92 Å². The van der Waals surface area contributed by atoms with Crippen molar-refractivity contribution in [3.8, 4) is 22.6 Å². The number of amides is 2. The van der Waals surface area contributed by atoms with E-state index in [0.29, 0.717) is 44.2 Å². The van der Waals surface area contributed by atoms with Crippen molar-refractivity contribution in [1.29, 1.82) is 0 Å². The maximum absolute atomic E-state index is 12.6. The fourth-order valence-corrected chi connectivity index (χ4v) is 3.62. The summed E-state index contributed by atoms with van der Waals surface area (Å²) >= 11 is 0. The molecule has 1 aromatic heterocycles. The van der Waals surface area contributed by atoms with Gasteiger partial charge in [0.25, 0.3) is 0 Å². The smallest absolute Gasteiger partial charge is 0.409 e. The largest absolute Gasteiger partial charge is 0.450 e. The number of nitrogens with zero attached hydrogens (tertiary/aromatic N) is 3. The predicted octanol–water partition coefficient (Wildman–Crippen LogP) is 3.72. The van der Waals surface area contributed by atoms with Crippen LogP contribution in [0.25, 0.3) is 22.6 Å². The molecule has 2 heterocycles. The van der Waals surface area contributed by atoms with Crippen molar-refractivity contribution in [3.05, 3.63) is 60.7 Å². The normalized spacial score (nSPS) is 14.2. The summed E-state index contributed by atoms with van der Waals surface area (Å²) in [5, 5.41) is 2.78. The number of ether oxygens (including phenoxy) is 1. The summed E-state index contributed by atoms with van der Waals surface area (Å²) in [5.41, 5.74) is 2.47. The van der Waals surface area contributed by atoms with Crippen LogP contribution in [0.3, 0.4) is 0 Å². The molecule has 0 radical (unpaired) electrons. The van der Waals surface area contributed by atoms with Crippen LogP contribution in [0.5, 0.6) is 0 Å². The zero-order chi connectivity index (χ0) is 22.3. The highest BCUT2D eigenvalue weighted by Gasteiger charge is 2.24. The molecule has 1 aliphatic rings. The second-order valence-electron chi connectivity index (χ2n) is 7.44. The van der Waals surface area contributed by atoms with Crippen LogP contribution < -0.4 is 5.32 Å². The van der Waals surface area contributed by atoms with Gasteiger partial charge < -0.3 is 14.1 Å². The lowest BCUT2D eigenvalue weighted by molar-refractivity contribution is -0.117. The molecule has 0 saturated carbocycles. The second-order valence-corrected chi connectivity index (χ2v) is 7.44. The van der Waals surface area contributed by atoms with Gasteiger partial charge in [0.1, 0.15) is 5.69 Å². The molecule has 0 unspecified atom stereocenters. The van der Waals surface area contributed by atoms with Crippen molar-refractivity contribution in [3.63, 3.8) is 0 Å². The zero-order valence-corrected chi connectivity index (χ0v) is 18.0. The average molecular weight is 434 g/mol. The highest BCUT2D eigenvalue weighted by Crippen LogP contribution is 2.34. The third-order valence-electron chi connectivity index (χ3n) is 5.22. The van der Waals surface area contributed by atoms with Crippen LogP contribution in [0.15, 0.2) is 65.1 Å². The summed E-state index contributed by atoms with van der Waals surface area (Å²) < 4.78 is 11.0. The van der Waals surface area contributed by atoms with E-state index in [1.807, 2.05) is 65.6 Å². The summed E-state index contributed by atoms with van der Waals surface area (Å²) in [4.78, 5) is 32.7. The molecule has 1 aliphatic heterocycles. The maximum atomic E-state index is 12.6. The molecule has 0 atom stereocenters. The molecule has 1 saturated heterocycles. The van der Waals surface area contributed by atoms with E-state index >= 15 is 0 Å². The van der Waals surface area contributed by atoms with Crippen molar-refractivity contribution in [1.82, 2.24) is 14.8 Å². The lowest BCUT2D eigenvalue weighted by atomic mass is 10.1. The van der Waals surface area contributed by atoms with Gasteiger partial charge in [0, 0.05) is 37.3 Å². The zero-order valence-electron chi connectivity index (χ0n) is 18.0. The van der Waals surface area contributed by atoms with Crippen LogP contribution in [-0.4, -0.2) is 66.1 Å². The first kappa shape index (κ1) is 21.6. The molecular weight excluding hydrogens is 408 g/mol. The molecule has 4 rings (SSSR count). The van der Waals surface area contributed by atoms with Gasteiger partial charge in [-0.1, -0.05) is 60.7 Å². The number of benzene rings is 2. The monoisotopic (exact) mass is 434 g/mol. The Bertz CT molecular complexity index is 987. The molecule has 0 aliphatic carbocycles. The van der Waals surface area contributed by atoms with Gasteiger partial charge in [0.2, 0.25) is 5.91 Å². The summed E-state index contributed by atoms with van der Waals surface area (Å²) in [6.07, 6.45) is -0.307. The van der Waals surface area contributed by atoms with Gasteiger partial charge >= 0.3 is 12.1 Å². The first-order valence-corrected chi connectivity index (χ1v) is 10.7. The van der Waals surface area contributed by atoms with E-state index in [1.165, 1.54) is 0 Å². The Hall–Kier alpha value is -3.65. The average Bonchev–Trinajstić information content (AvgIpc) is 3.24. The Balaban J connectivity index is 1.43. The van der Waals surface area contributed by atoms with Gasteiger partial charge in [-0.15, -0.1) is 0 Å². The van der Waals surface area contributed by atoms with Crippen molar-refractivity contribution >= 4 is 18.0 Å². The summed E-state index contributed by atoms with van der Waals surface area (Å²) in [6, 6.07) is 19.6. The molecule has 8 heteroatoms. The number of hydrogen-bond acceptors (Lipinski definition) is 6. The number of nitrogens with one attached hydrogen (secondary N) is 1. The summed E-state index contributed by atoms with van der Waals surface area (Å²) in [6.45, 7) is 4.59. The number of carbonyl (C=O) groups excluding carboxylic acids is 2. The number of rotatable bonds is 6. The van der Waals surface area contributed by atoms with Gasteiger partial charge in [0.15, 0.2) is 5.76 Å². The molecule has 8 nitrogen and oxygen atoms in total. The van der Waals surface area contributed by atoms with Crippen molar-refractivity contribution in [2.75, 3.05) is 44.6 Å². The number of oxazole rings is 1. The molecule has 3 aromatic rings.